The number of phenols is 1. The molecule has 17 heavy (non-hydrogen) atoms. The van der Waals surface area contributed by atoms with Crippen molar-refractivity contribution >= 4 is 17.9 Å². The van der Waals surface area contributed by atoms with Crippen LogP contribution in [0.2, 0.25) is 0 Å². The molecule has 0 spiro atoms. The molecule has 0 aliphatic heterocycles. The van der Waals surface area contributed by atoms with Crippen LogP contribution in [0, 0.1) is 10.1 Å². The first-order valence-electron chi connectivity index (χ1n) is 4.53. The Kier molecular flexibility index (Phi) is 2.77. The highest BCUT2D eigenvalue weighted by Gasteiger charge is 2.08. The van der Waals surface area contributed by atoms with Crippen LogP contribution in [-0.2, 0) is 0 Å². The Hall–Kier alpha value is -2.77. The smallest absolute Gasteiger partial charge is 0.270 e. The second kappa shape index (κ2) is 4.39. The summed E-state index contributed by atoms with van der Waals surface area (Å²) in [5.41, 5.74) is 0.109. The van der Waals surface area contributed by atoms with Crippen LogP contribution in [0.1, 0.15) is 5.56 Å². The van der Waals surface area contributed by atoms with Crippen molar-refractivity contribution in [2.75, 3.05) is 0 Å². The predicted octanol–water partition coefficient (Wildman–Crippen LogP) is 1.17. The number of hydrogen-bond donors (Lipinski definition) is 2. The minimum absolute atomic E-state index is 0.0983. The molecule has 1 aromatic carbocycles. The van der Waals surface area contributed by atoms with E-state index in [1.807, 2.05) is 0 Å². The fourth-order valence-corrected chi connectivity index (χ4v) is 1.15. The average molecular weight is 233 g/mol. The minimum Gasteiger partial charge on any atom is -0.507 e. The Morgan fingerprint density at radius 3 is 3.00 bits per heavy atom. The fourth-order valence-electron chi connectivity index (χ4n) is 1.15. The largest absolute Gasteiger partial charge is 0.507 e. The van der Waals surface area contributed by atoms with Crippen LogP contribution in [0.25, 0.3) is 0 Å². The topological polar surface area (TPSA) is 117 Å². The molecule has 8 heteroatoms. The molecule has 1 aromatic heterocycles. The molecule has 0 saturated heterocycles. The Balaban J connectivity index is 2.31. The van der Waals surface area contributed by atoms with Gasteiger partial charge >= 0.3 is 0 Å². The van der Waals surface area contributed by atoms with E-state index >= 15 is 0 Å². The third-order valence-corrected chi connectivity index (χ3v) is 1.95. The van der Waals surface area contributed by atoms with Gasteiger partial charge in [-0.05, 0) is 6.07 Å². The van der Waals surface area contributed by atoms with E-state index in [1.165, 1.54) is 30.7 Å². The lowest BCUT2D eigenvalue weighted by Crippen LogP contribution is -1.90. The molecule has 0 fully saturated rings. The number of non-ortho nitro benzene ring substituents is 1. The van der Waals surface area contributed by atoms with Gasteiger partial charge in [-0.25, -0.2) is 10.1 Å². The van der Waals surface area contributed by atoms with E-state index in [2.05, 4.69) is 20.2 Å². The first-order chi connectivity index (χ1) is 8.16. The number of nitro benzene ring substituents is 1. The van der Waals surface area contributed by atoms with Gasteiger partial charge in [0.05, 0.1) is 4.92 Å². The summed E-state index contributed by atoms with van der Waals surface area (Å²) in [6, 6.07) is 3.66. The number of aromatic amines is 1. The average Bonchev–Trinajstić information content (AvgIpc) is 2.80. The maximum atomic E-state index is 10.5. The summed E-state index contributed by atoms with van der Waals surface area (Å²) < 4.78 is 0. The SMILES string of the molecule is O=[N+]([O-])c1ccc(O)c(C=Nc2ncn[nH]2)c1. The summed E-state index contributed by atoms with van der Waals surface area (Å²) in [7, 11) is 0. The van der Waals surface area contributed by atoms with Gasteiger partial charge < -0.3 is 5.11 Å². The maximum absolute atomic E-state index is 10.5. The molecular weight excluding hydrogens is 226 g/mol. The number of hydrogen-bond acceptors (Lipinski definition) is 6. The van der Waals surface area contributed by atoms with Gasteiger partial charge in [-0.2, -0.15) is 10.1 Å². The standard InChI is InChI=1S/C9H7N5O3/c15-8-2-1-7(14(16)17)3-6(8)4-10-9-11-5-12-13-9/h1-5,15H,(H,11,12,13). The van der Waals surface area contributed by atoms with Gasteiger partial charge in [-0.1, -0.05) is 0 Å². The third-order valence-electron chi connectivity index (χ3n) is 1.95. The number of nitrogens with zero attached hydrogens (tertiary/aromatic N) is 4. The number of phenolic OH excluding ortho intramolecular Hbond substituents is 1. The van der Waals surface area contributed by atoms with Crippen molar-refractivity contribution in [1.82, 2.24) is 15.2 Å². The van der Waals surface area contributed by atoms with Crippen LogP contribution in [0.15, 0.2) is 29.5 Å². The lowest BCUT2D eigenvalue weighted by Gasteiger charge is -1.97. The van der Waals surface area contributed by atoms with Crippen LogP contribution >= 0.6 is 0 Å². The number of H-pyrrole nitrogens is 1. The van der Waals surface area contributed by atoms with Crippen LogP contribution in [0.3, 0.4) is 0 Å². The molecule has 0 amide bonds. The molecule has 8 nitrogen and oxygen atoms in total. The number of aliphatic imine (C=N–C) groups is 1. The first kappa shape index (κ1) is 10.7. The molecule has 0 bridgehead atoms. The normalized spacial score (nSPS) is 10.8. The molecule has 2 aromatic rings. The van der Waals surface area contributed by atoms with E-state index in [9.17, 15) is 15.2 Å². The number of nitrogens with one attached hydrogen (secondary N) is 1. The Labute approximate surface area is 94.8 Å². The highest BCUT2D eigenvalue weighted by molar-refractivity contribution is 5.85. The Morgan fingerprint density at radius 2 is 2.35 bits per heavy atom. The van der Waals surface area contributed by atoms with Crippen LogP contribution in [-0.4, -0.2) is 31.4 Å². The van der Waals surface area contributed by atoms with Gasteiger partial charge in [0.25, 0.3) is 5.69 Å². The van der Waals surface area contributed by atoms with Crippen LogP contribution in [0.4, 0.5) is 11.6 Å². The number of aromatic hydroxyl groups is 1. The van der Waals surface area contributed by atoms with Crippen molar-refractivity contribution < 1.29 is 10.0 Å². The van der Waals surface area contributed by atoms with Crippen molar-refractivity contribution in [3.8, 4) is 5.75 Å². The highest BCUT2D eigenvalue weighted by Crippen LogP contribution is 2.21. The zero-order valence-electron chi connectivity index (χ0n) is 8.44. The molecule has 2 N–H and O–H groups in total. The molecular formula is C9H7N5O3. The summed E-state index contributed by atoms with van der Waals surface area (Å²) in [5, 5.41) is 26.1. The molecule has 1 heterocycles. The number of rotatable bonds is 3. The summed E-state index contributed by atoms with van der Waals surface area (Å²) in [6.45, 7) is 0. The summed E-state index contributed by atoms with van der Waals surface area (Å²) in [6.07, 6.45) is 2.54. The zero-order valence-corrected chi connectivity index (χ0v) is 8.44. The fraction of sp³-hybridized carbons (Fsp3) is 0. The van der Waals surface area contributed by atoms with E-state index in [0.29, 0.717) is 0 Å². The van der Waals surface area contributed by atoms with Gasteiger partial charge in [0.2, 0.25) is 5.95 Å². The Morgan fingerprint density at radius 1 is 1.53 bits per heavy atom. The van der Waals surface area contributed by atoms with Gasteiger partial charge in [0, 0.05) is 23.9 Å². The van der Waals surface area contributed by atoms with E-state index in [1.54, 1.807) is 0 Å². The quantitative estimate of drug-likeness (QED) is 0.468. The molecule has 2 rings (SSSR count). The van der Waals surface area contributed by atoms with Gasteiger partial charge in [0.15, 0.2) is 0 Å². The first-order valence-corrected chi connectivity index (χ1v) is 4.53. The monoisotopic (exact) mass is 233 g/mol. The van der Waals surface area contributed by atoms with Gasteiger partial charge in [-0.15, -0.1) is 0 Å². The highest BCUT2D eigenvalue weighted by atomic mass is 16.6. The molecule has 0 saturated carbocycles. The minimum atomic E-state index is -0.550. The van der Waals surface area contributed by atoms with Crippen LogP contribution < -0.4 is 0 Å². The Bertz CT molecular complexity index is 564. The second-order valence-electron chi connectivity index (χ2n) is 3.07. The molecule has 0 unspecified atom stereocenters. The molecule has 0 aliphatic carbocycles. The van der Waals surface area contributed by atoms with Crippen molar-refractivity contribution in [1.29, 1.82) is 0 Å². The van der Waals surface area contributed by atoms with Gasteiger partial charge in [-0.3, -0.25) is 10.1 Å². The third kappa shape index (κ3) is 2.43. The summed E-state index contributed by atoms with van der Waals surface area (Å²) >= 11 is 0. The van der Waals surface area contributed by atoms with Crippen molar-refractivity contribution in [2.45, 2.75) is 0 Å². The van der Waals surface area contributed by atoms with Crippen LogP contribution in [0.5, 0.6) is 5.75 Å². The summed E-state index contributed by atoms with van der Waals surface area (Å²) in [4.78, 5) is 17.6. The lowest BCUT2D eigenvalue weighted by atomic mass is 10.2. The number of benzene rings is 1. The van der Waals surface area contributed by atoms with Crippen molar-refractivity contribution in [3.63, 3.8) is 0 Å². The number of aromatic nitrogens is 3. The second-order valence-corrected chi connectivity index (χ2v) is 3.07. The lowest BCUT2D eigenvalue weighted by molar-refractivity contribution is -0.384. The van der Waals surface area contributed by atoms with Crippen molar-refractivity contribution in [3.05, 3.63) is 40.2 Å². The molecule has 86 valence electrons. The molecule has 0 atom stereocenters. The summed E-state index contributed by atoms with van der Waals surface area (Å²) in [5.74, 6) is 0.148. The maximum Gasteiger partial charge on any atom is 0.270 e. The van der Waals surface area contributed by atoms with E-state index in [4.69, 9.17) is 0 Å². The molecule has 0 aliphatic rings. The van der Waals surface area contributed by atoms with E-state index < -0.39 is 4.92 Å². The predicted molar refractivity (Wildman–Crippen MR) is 58.4 cm³/mol. The van der Waals surface area contributed by atoms with E-state index in [0.717, 1.165) is 0 Å². The van der Waals surface area contributed by atoms with Gasteiger partial charge in [0.1, 0.15) is 12.1 Å². The van der Waals surface area contributed by atoms with E-state index in [-0.39, 0.29) is 22.9 Å². The number of nitro groups is 1. The van der Waals surface area contributed by atoms with Crippen molar-refractivity contribution in [2.24, 2.45) is 4.99 Å². The zero-order chi connectivity index (χ0) is 12.3. The molecule has 0 radical (unpaired) electrons.